The summed E-state index contributed by atoms with van der Waals surface area (Å²) < 4.78 is 0. The summed E-state index contributed by atoms with van der Waals surface area (Å²) in [7, 11) is 0. The van der Waals surface area contributed by atoms with Crippen molar-refractivity contribution in [3.63, 3.8) is 0 Å². The lowest BCUT2D eigenvalue weighted by atomic mass is 10.1. The van der Waals surface area contributed by atoms with Gasteiger partial charge in [-0.15, -0.1) is 0 Å². The summed E-state index contributed by atoms with van der Waals surface area (Å²) in [5.74, 6) is 1.54. The van der Waals surface area contributed by atoms with Crippen LogP contribution in [-0.2, 0) is 6.54 Å². The molecule has 0 bridgehead atoms. The molecule has 2 heteroatoms. The van der Waals surface area contributed by atoms with Crippen LogP contribution in [0.15, 0.2) is 24.3 Å². The van der Waals surface area contributed by atoms with Crippen molar-refractivity contribution in [2.45, 2.75) is 47.1 Å². The van der Waals surface area contributed by atoms with E-state index in [4.69, 9.17) is 5.73 Å². The van der Waals surface area contributed by atoms with Crippen molar-refractivity contribution in [2.75, 3.05) is 18.8 Å². The first-order valence-corrected chi connectivity index (χ1v) is 7.54. The molecule has 0 fully saturated rings. The molecule has 2 N–H and O–H groups in total. The van der Waals surface area contributed by atoms with E-state index in [1.165, 1.54) is 31.5 Å². The second-order valence-corrected chi connectivity index (χ2v) is 6.38. The molecule has 1 aromatic rings. The van der Waals surface area contributed by atoms with E-state index in [2.05, 4.69) is 44.7 Å². The first-order chi connectivity index (χ1) is 8.97. The van der Waals surface area contributed by atoms with Gasteiger partial charge in [-0.3, -0.25) is 4.90 Å². The van der Waals surface area contributed by atoms with Crippen molar-refractivity contribution in [3.8, 4) is 0 Å². The summed E-state index contributed by atoms with van der Waals surface area (Å²) in [6.45, 7) is 12.6. The van der Waals surface area contributed by atoms with E-state index in [0.29, 0.717) is 0 Å². The number of hydrogen-bond acceptors (Lipinski definition) is 2. The fourth-order valence-corrected chi connectivity index (χ4v) is 2.03. The minimum atomic E-state index is 0.771. The average molecular weight is 262 g/mol. The number of nitrogen functional groups attached to an aromatic ring is 1. The van der Waals surface area contributed by atoms with Gasteiger partial charge in [-0.05, 0) is 55.5 Å². The van der Waals surface area contributed by atoms with E-state index in [9.17, 15) is 0 Å². The van der Waals surface area contributed by atoms with E-state index in [1.807, 2.05) is 12.1 Å². The molecular formula is C17H30N2. The van der Waals surface area contributed by atoms with Crippen molar-refractivity contribution in [1.29, 1.82) is 0 Å². The van der Waals surface area contributed by atoms with Crippen LogP contribution >= 0.6 is 0 Å². The first kappa shape index (κ1) is 16.0. The highest BCUT2D eigenvalue weighted by Crippen LogP contribution is 2.12. The van der Waals surface area contributed by atoms with Gasteiger partial charge in [0.1, 0.15) is 0 Å². The fraction of sp³-hybridized carbons (Fsp3) is 0.647. The molecule has 108 valence electrons. The normalized spacial score (nSPS) is 11.7. The Bertz CT molecular complexity index is 329. The zero-order valence-electron chi connectivity index (χ0n) is 13.0. The van der Waals surface area contributed by atoms with Gasteiger partial charge in [0, 0.05) is 12.2 Å². The van der Waals surface area contributed by atoms with Crippen molar-refractivity contribution in [1.82, 2.24) is 4.90 Å². The number of rotatable bonds is 8. The molecule has 0 aliphatic rings. The first-order valence-electron chi connectivity index (χ1n) is 7.54. The fourth-order valence-electron chi connectivity index (χ4n) is 2.03. The van der Waals surface area contributed by atoms with Crippen LogP contribution in [0.2, 0.25) is 0 Å². The molecule has 0 atom stereocenters. The van der Waals surface area contributed by atoms with Crippen LogP contribution in [0.25, 0.3) is 0 Å². The molecule has 1 rings (SSSR count). The summed E-state index contributed by atoms with van der Waals surface area (Å²) in [5.41, 5.74) is 7.95. The topological polar surface area (TPSA) is 29.3 Å². The van der Waals surface area contributed by atoms with Gasteiger partial charge in [-0.1, -0.05) is 39.8 Å². The Morgan fingerprint density at radius 3 is 1.79 bits per heavy atom. The van der Waals surface area contributed by atoms with Crippen LogP contribution in [0.5, 0.6) is 0 Å². The summed E-state index contributed by atoms with van der Waals surface area (Å²) in [5, 5.41) is 0. The number of benzene rings is 1. The highest BCUT2D eigenvalue weighted by Gasteiger charge is 2.08. The molecule has 0 aliphatic heterocycles. The zero-order chi connectivity index (χ0) is 14.3. The predicted molar refractivity (Wildman–Crippen MR) is 85.0 cm³/mol. The third kappa shape index (κ3) is 7.22. The van der Waals surface area contributed by atoms with E-state index >= 15 is 0 Å². The molecule has 0 unspecified atom stereocenters. The highest BCUT2D eigenvalue weighted by molar-refractivity contribution is 5.39. The Morgan fingerprint density at radius 1 is 0.895 bits per heavy atom. The molecule has 19 heavy (non-hydrogen) atoms. The summed E-state index contributed by atoms with van der Waals surface area (Å²) in [6, 6.07) is 8.29. The van der Waals surface area contributed by atoms with Gasteiger partial charge in [-0.2, -0.15) is 0 Å². The lowest BCUT2D eigenvalue weighted by Crippen LogP contribution is -2.27. The molecule has 0 saturated heterocycles. The van der Waals surface area contributed by atoms with E-state index in [1.54, 1.807) is 0 Å². The van der Waals surface area contributed by atoms with Crippen LogP contribution < -0.4 is 5.73 Å². The number of hydrogen-bond donors (Lipinski definition) is 1. The minimum Gasteiger partial charge on any atom is -0.399 e. The average Bonchev–Trinajstić information content (AvgIpc) is 2.35. The van der Waals surface area contributed by atoms with Crippen LogP contribution in [0.3, 0.4) is 0 Å². The van der Waals surface area contributed by atoms with Crippen molar-refractivity contribution < 1.29 is 0 Å². The number of nitrogens with two attached hydrogens (primary N) is 1. The van der Waals surface area contributed by atoms with Crippen LogP contribution in [0, 0.1) is 11.8 Å². The van der Waals surface area contributed by atoms with Crippen molar-refractivity contribution >= 4 is 5.69 Å². The lowest BCUT2D eigenvalue weighted by molar-refractivity contribution is 0.236. The Labute approximate surface area is 119 Å². The van der Waals surface area contributed by atoms with Gasteiger partial charge in [0.15, 0.2) is 0 Å². The third-order valence-corrected chi connectivity index (χ3v) is 3.43. The van der Waals surface area contributed by atoms with E-state index in [0.717, 1.165) is 24.1 Å². The lowest BCUT2D eigenvalue weighted by Gasteiger charge is -2.24. The van der Waals surface area contributed by atoms with Gasteiger partial charge in [0.05, 0.1) is 0 Å². The minimum absolute atomic E-state index is 0.771. The summed E-state index contributed by atoms with van der Waals surface area (Å²) in [6.07, 6.45) is 2.54. The standard InChI is InChI=1S/C17H30N2/c1-14(2)9-11-19(12-10-15(3)4)13-16-5-7-17(18)8-6-16/h5-8,14-15H,9-13,18H2,1-4H3. The second kappa shape index (κ2) is 8.21. The largest absolute Gasteiger partial charge is 0.399 e. The Balaban J connectivity index is 2.53. The van der Waals surface area contributed by atoms with Gasteiger partial charge in [0.25, 0.3) is 0 Å². The zero-order valence-corrected chi connectivity index (χ0v) is 13.0. The van der Waals surface area contributed by atoms with Gasteiger partial charge < -0.3 is 5.73 Å². The molecule has 1 aromatic carbocycles. The van der Waals surface area contributed by atoms with Crippen molar-refractivity contribution in [3.05, 3.63) is 29.8 Å². The van der Waals surface area contributed by atoms with Crippen LogP contribution in [0.1, 0.15) is 46.1 Å². The third-order valence-electron chi connectivity index (χ3n) is 3.43. The maximum atomic E-state index is 5.74. The molecular weight excluding hydrogens is 232 g/mol. The summed E-state index contributed by atoms with van der Waals surface area (Å²) in [4.78, 5) is 2.57. The Kier molecular flexibility index (Phi) is 6.93. The molecule has 0 heterocycles. The van der Waals surface area contributed by atoms with Crippen molar-refractivity contribution in [2.24, 2.45) is 11.8 Å². The monoisotopic (exact) mass is 262 g/mol. The Hall–Kier alpha value is -1.02. The van der Waals surface area contributed by atoms with E-state index in [-0.39, 0.29) is 0 Å². The number of anilines is 1. The van der Waals surface area contributed by atoms with Gasteiger partial charge >= 0.3 is 0 Å². The van der Waals surface area contributed by atoms with E-state index < -0.39 is 0 Å². The molecule has 2 nitrogen and oxygen atoms in total. The van der Waals surface area contributed by atoms with Crippen LogP contribution in [-0.4, -0.2) is 18.0 Å². The summed E-state index contributed by atoms with van der Waals surface area (Å²) >= 11 is 0. The number of nitrogens with zero attached hydrogens (tertiary/aromatic N) is 1. The molecule has 0 amide bonds. The quantitative estimate of drug-likeness (QED) is 0.713. The smallest absolute Gasteiger partial charge is 0.0314 e. The molecule has 0 radical (unpaired) electrons. The second-order valence-electron chi connectivity index (χ2n) is 6.38. The van der Waals surface area contributed by atoms with Gasteiger partial charge in [-0.25, -0.2) is 0 Å². The maximum absolute atomic E-state index is 5.74. The molecule has 0 saturated carbocycles. The maximum Gasteiger partial charge on any atom is 0.0314 e. The SMILES string of the molecule is CC(C)CCN(CCC(C)C)Cc1ccc(N)cc1. The molecule has 0 spiro atoms. The van der Waals surface area contributed by atoms with Gasteiger partial charge in [0.2, 0.25) is 0 Å². The predicted octanol–water partition coefficient (Wildman–Crippen LogP) is 4.16. The van der Waals surface area contributed by atoms with Crippen LogP contribution in [0.4, 0.5) is 5.69 Å². The molecule has 0 aromatic heterocycles. The highest BCUT2D eigenvalue weighted by atomic mass is 15.1. The molecule has 0 aliphatic carbocycles. The Morgan fingerprint density at radius 2 is 1.37 bits per heavy atom.